The van der Waals surface area contributed by atoms with Crippen molar-refractivity contribution in [1.29, 1.82) is 10.7 Å². The normalized spacial score (nSPS) is 11.4. The number of fused-ring (bicyclic) bond motifs is 6. The molecule has 2 heterocycles. The lowest BCUT2D eigenvalue weighted by Crippen LogP contribution is -2.05. The number of aryl methyl sites for hydroxylation is 2. The van der Waals surface area contributed by atoms with Crippen LogP contribution in [0.2, 0.25) is 0 Å². The van der Waals surface area contributed by atoms with Gasteiger partial charge in [-0.3, -0.25) is 0 Å². The molecule has 0 radical (unpaired) electrons. The fourth-order valence-corrected chi connectivity index (χ4v) is 9.89. The minimum absolute atomic E-state index is 0.474. The Morgan fingerprint density at radius 2 is 0.758 bits per heavy atom. The van der Waals surface area contributed by atoms with Crippen molar-refractivity contribution in [2.45, 2.75) is 13.8 Å². The number of nitriles is 1. The monoisotopic (exact) mass is 792 g/mol. The van der Waals surface area contributed by atoms with E-state index in [1.807, 2.05) is 12.1 Å². The Labute approximate surface area is 360 Å². The number of aromatic nitrogens is 2. The van der Waals surface area contributed by atoms with E-state index in [0.29, 0.717) is 11.1 Å². The lowest BCUT2D eigenvalue weighted by atomic mass is 9.77. The second-order valence-electron chi connectivity index (χ2n) is 16.0. The molecule has 4 nitrogen and oxygen atoms in total. The van der Waals surface area contributed by atoms with Gasteiger partial charge in [-0.25, -0.2) is 0 Å². The highest BCUT2D eigenvalue weighted by atomic mass is 15.0. The van der Waals surface area contributed by atoms with Crippen LogP contribution in [0, 0.1) is 30.6 Å². The molecule has 1 N–H and O–H groups in total. The number of para-hydroxylation sites is 4. The fourth-order valence-electron chi connectivity index (χ4n) is 9.89. The summed E-state index contributed by atoms with van der Waals surface area (Å²) >= 11 is 0. The van der Waals surface area contributed by atoms with E-state index < -0.39 is 0 Å². The zero-order chi connectivity index (χ0) is 41.9. The molecule has 11 aromatic rings. The molecule has 0 fully saturated rings. The van der Waals surface area contributed by atoms with Crippen LogP contribution < -0.4 is 0 Å². The van der Waals surface area contributed by atoms with E-state index in [0.717, 1.165) is 89.1 Å². The quantitative estimate of drug-likeness (QED) is 0.161. The number of hydrogen-bond donors (Lipinski definition) is 1. The van der Waals surface area contributed by atoms with Gasteiger partial charge in [-0.05, 0) is 107 Å². The summed E-state index contributed by atoms with van der Waals surface area (Å²) in [5.41, 5.74) is 17.5. The van der Waals surface area contributed by atoms with Gasteiger partial charge >= 0.3 is 0 Å². The van der Waals surface area contributed by atoms with Gasteiger partial charge < -0.3 is 14.5 Å². The number of nitrogens with zero attached hydrogens (tertiary/aromatic N) is 3. The highest BCUT2D eigenvalue weighted by Gasteiger charge is 2.28. The van der Waals surface area contributed by atoms with Crippen LogP contribution in [-0.4, -0.2) is 15.3 Å². The summed E-state index contributed by atoms with van der Waals surface area (Å²) in [4.78, 5) is 0. The van der Waals surface area contributed by atoms with Crippen molar-refractivity contribution in [3.63, 3.8) is 0 Å². The van der Waals surface area contributed by atoms with Crippen LogP contribution in [0.25, 0.3) is 99.5 Å². The van der Waals surface area contributed by atoms with Crippen molar-refractivity contribution in [3.8, 4) is 62.0 Å². The van der Waals surface area contributed by atoms with E-state index >= 15 is 0 Å². The maximum Gasteiger partial charge on any atom is 0.101 e. The van der Waals surface area contributed by atoms with E-state index in [4.69, 9.17) is 5.41 Å². The summed E-state index contributed by atoms with van der Waals surface area (Å²) in [6.45, 7) is 4.32. The molecule has 0 aliphatic carbocycles. The lowest BCUT2D eigenvalue weighted by molar-refractivity contribution is 1.15. The number of nitrogens with one attached hydrogen (secondary N) is 1. The van der Waals surface area contributed by atoms with Gasteiger partial charge in [-0.1, -0.05) is 146 Å². The first kappa shape index (κ1) is 36.8. The van der Waals surface area contributed by atoms with Gasteiger partial charge in [0.25, 0.3) is 0 Å². The number of benzene rings is 9. The molecular formula is C58H40N4. The van der Waals surface area contributed by atoms with Crippen LogP contribution in [-0.2, 0) is 0 Å². The first-order valence-corrected chi connectivity index (χ1v) is 21.0. The molecule has 0 aliphatic heterocycles. The third kappa shape index (κ3) is 5.64. The Hall–Kier alpha value is -8.26. The van der Waals surface area contributed by atoms with Crippen molar-refractivity contribution in [2.24, 2.45) is 0 Å². The summed E-state index contributed by atoms with van der Waals surface area (Å²) in [6, 6.07) is 71.0. The van der Waals surface area contributed by atoms with Gasteiger partial charge in [0.1, 0.15) is 6.07 Å². The number of hydrogen-bond acceptors (Lipinski definition) is 2. The Balaban J connectivity index is 1.19. The Kier molecular flexibility index (Phi) is 8.77. The molecule has 292 valence electrons. The Bertz CT molecular complexity index is 3510. The highest BCUT2D eigenvalue weighted by molar-refractivity contribution is 6.13. The van der Waals surface area contributed by atoms with Gasteiger partial charge in [-0.2, -0.15) is 5.26 Å². The molecule has 0 atom stereocenters. The fraction of sp³-hybridized carbons (Fsp3) is 0.0345. The maximum absolute atomic E-state index is 11.4. The van der Waals surface area contributed by atoms with Gasteiger partial charge in [-0.15, -0.1) is 0 Å². The summed E-state index contributed by atoms with van der Waals surface area (Å²) < 4.78 is 4.70. The van der Waals surface area contributed by atoms with Crippen LogP contribution in [0.5, 0.6) is 0 Å². The van der Waals surface area contributed by atoms with Crippen molar-refractivity contribution in [3.05, 3.63) is 216 Å². The van der Waals surface area contributed by atoms with E-state index in [1.165, 1.54) is 27.8 Å². The summed E-state index contributed by atoms with van der Waals surface area (Å²) in [5.74, 6) is 0. The number of rotatable bonds is 7. The Morgan fingerprint density at radius 1 is 0.403 bits per heavy atom. The minimum atomic E-state index is 0.474. The van der Waals surface area contributed by atoms with Crippen molar-refractivity contribution >= 4 is 49.8 Å². The standard InChI is InChI=1S/C58H40N4/c1-37-33-41(29-31-49(37)61-51-25-13-9-21-43(51)44-22-10-14-26-52(44)61)55-47(35-59)48(36-60)56(58(40-19-7-4-8-20-40)57(55)39-17-5-3-6-18-39)42-30-32-50(38(2)34-42)62-53-27-15-11-23-45(53)46-24-12-16-28-54(46)62/h3-35,59H,1-2H3. The van der Waals surface area contributed by atoms with E-state index in [1.54, 1.807) is 0 Å². The van der Waals surface area contributed by atoms with E-state index in [-0.39, 0.29) is 0 Å². The molecule has 0 saturated heterocycles. The predicted molar refractivity (Wildman–Crippen MR) is 259 cm³/mol. The molecule has 0 unspecified atom stereocenters. The molecule has 0 aliphatic rings. The van der Waals surface area contributed by atoms with E-state index in [9.17, 15) is 5.26 Å². The van der Waals surface area contributed by atoms with E-state index in [2.05, 4.69) is 211 Å². The molecule has 9 aromatic carbocycles. The molecule has 0 saturated carbocycles. The van der Waals surface area contributed by atoms with Crippen LogP contribution in [0.1, 0.15) is 22.3 Å². The van der Waals surface area contributed by atoms with Crippen LogP contribution in [0.4, 0.5) is 0 Å². The SMILES string of the molecule is Cc1cc(-c2c(C#N)c(C=N)c(-c3ccc(-n4c5ccccc5c5ccccc54)c(C)c3)c(-c3ccccc3)c2-c2ccccc2)ccc1-n1c2ccccc2c2ccccc21. The van der Waals surface area contributed by atoms with Crippen molar-refractivity contribution in [2.75, 3.05) is 0 Å². The van der Waals surface area contributed by atoms with Gasteiger partial charge in [0, 0.05) is 55.8 Å². The minimum Gasteiger partial charge on any atom is -0.309 e. The first-order chi connectivity index (χ1) is 30.6. The Morgan fingerprint density at radius 3 is 1.13 bits per heavy atom. The van der Waals surface area contributed by atoms with Crippen LogP contribution in [0.15, 0.2) is 194 Å². The summed E-state index contributed by atoms with van der Waals surface area (Å²) in [5, 5.41) is 25.3. The van der Waals surface area contributed by atoms with Crippen molar-refractivity contribution in [1.82, 2.24) is 9.13 Å². The third-order valence-corrected chi connectivity index (χ3v) is 12.5. The second-order valence-corrected chi connectivity index (χ2v) is 16.0. The molecule has 2 aromatic heterocycles. The second kappa shape index (κ2) is 14.8. The largest absolute Gasteiger partial charge is 0.309 e. The zero-order valence-electron chi connectivity index (χ0n) is 34.4. The summed E-state index contributed by atoms with van der Waals surface area (Å²) in [7, 11) is 0. The molecule has 4 heteroatoms. The lowest BCUT2D eigenvalue weighted by Gasteiger charge is -2.25. The molecular weight excluding hydrogens is 753 g/mol. The highest BCUT2D eigenvalue weighted by Crippen LogP contribution is 2.50. The van der Waals surface area contributed by atoms with Crippen LogP contribution >= 0.6 is 0 Å². The van der Waals surface area contributed by atoms with Gasteiger partial charge in [0.15, 0.2) is 0 Å². The van der Waals surface area contributed by atoms with Gasteiger partial charge in [0.05, 0.1) is 27.6 Å². The zero-order valence-corrected chi connectivity index (χ0v) is 34.4. The topological polar surface area (TPSA) is 57.5 Å². The van der Waals surface area contributed by atoms with Crippen molar-refractivity contribution < 1.29 is 0 Å². The van der Waals surface area contributed by atoms with Crippen LogP contribution in [0.3, 0.4) is 0 Å². The maximum atomic E-state index is 11.4. The molecule has 0 spiro atoms. The average molecular weight is 793 g/mol. The molecule has 0 bridgehead atoms. The molecule has 0 amide bonds. The average Bonchev–Trinajstić information content (AvgIpc) is 3.84. The summed E-state index contributed by atoms with van der Waals surface area (Å²) in [6.07, 6.45) is 1.38. The molecule has 11 rings (SSSR count). The predicted octanol–water partition coefficient (Wildman–Crippen LogP) is 15.0. The van der Waals surface area contributed by atoms with Gasteiger partial charge in [0.2, 0.25) is 0 Å². The first-order valence-electron chi connectivity index (χ1n) is 21.0. The smallest absolute Gasteiger partial charge is 0.101 e. The third-order valence-electron chi connectivity index (χ3n) is 12.5. The molecule has 62 heavy (non-hydrogen) atoms.